The molecule has 1 saturated heterocycles. The van der Waals surface area contributed by atoms with Gasteiger partial charge in [-0.15, -0.1) is 0 Å². The first-order chi connectivity index (χ1) is 8.50. The number of rotatable bonds is 5. The van der Waals surface area contributed by atoms with E-state index in [1.165, 1.54) is 0 Å². The summed E-state index contributed by atoms with van der Waals surface area (Å²) in [5.41, 5.74) is 0.182. The van der Waals surface area contributed by atoms with Crippen LogP contribution in [0.2, 0.25) is 0 Å². The van der Waals surface area contributed by atoms with Gasteiger partial charge in [0.1, 0.15) is 0 Å². The van der Waals surface area contributed by atoms with Crippen molar-refractivity contribution in [3.8, 4) is 0 Å². The van der Waals surface area contributed by atoms with Crippen molar-refractivity contribution in [1.82, 2.24) is 4.90 Å². The van der Waals surface area contributed by atoms with E-state index in [1.807, 2.05) is 4.90 Å². The fourth-order valence-corrected chi connectivity index (χ4v) is 2.23. The van der Waals surface area contributed by atoms with Crippen LogP contribution in [0.1, 0.15) is 33.6 Å². The minimum atomic E-state index is -4.42. The third kappa shape index (κ3) is 5.01. The van der Waals surface area contributed by atoms with E-state index in [-0.39, 0.29) is 11.8 Å². The molecule has 1 aliphatic rings. The Balaban J connectivity index is 2.37. The number of hydrogen-bond donors (Lipinski definition) is 1. The van der Waals surface area contributed by atoms with Crippen LogP contribution in [-0.2, 0) is 4.79 Å². The molecule has 1 heterocycles. The zero-order valence-corrected chi connectivity index (χ0v) is 11.6. The van der Waals surface area contributed by atoms with Gasteiger partial charge in [-0.25, -0.2) is 0 Å². The van der Waals surface area contributed by atoms with Crippen LogP contribution in [-0.4, -0.2) is 41.8 Å². The lowest BCUT2D eigenvalue weighted by molar-refractivity contribution is -0.186. The largest absolute Gasteiger partial charge is 0.481 e. The molecule has 0 aromatic heterocycles. The van der Waals surface area contributed by atoms with Crippen molar-refractivity contribution >= 4 is 5.97 Å². The highest BCUT2D eigenvalue weighted by Gasteiger charge is 2.42. The van der Waals surface area contributed by atoms with Crippen LogP contribution in [0.4, 0.5) is 13.2 Å². The number of carboxylic acids is 1. The molecular weight excluding hydrogens is 259 g/mol. The fraction of sp³-hybridized carbons (Fsp3) is 0.923. The van der Waals surface area contributed by atoms with Gasteiger partial charge >= 0.3 is 12.1 Å². The Hall–Kier alpha value is -0.780. The molecule has 0 aromatic carbocycles. The molecule has 1 unspecified atom stereocenters. The summed E-state index contributed by atoms with van der Waals surface area (Å²) < 4.78 is 37.9. The normalized spacial score (nSPS) is 20.1. The highest BCUT2D eigenvalue weighted by molar-refractivity contribution is 5.67. The first kappa shape index (κ1) is 16.3. The third-order valence-corrected chi connectivity index (χ3v) is 3.86. The Morgan fingerprint density at radius 3 is 2.21 bits per heavy atom. The first-order valence-corrected chi connectivity index (χ1v) is 6.51. The second kappa shape index (κ2) is 5.69. The maximum Gasteiger partial charge on any atom is 0.392 e. The molecule has 6 heteroatoms. The second-order valence-corrected chi connectivity index (χ2v) is 6.45. The second-order valence-electron chi connectivity index (χ2n) is 6.45. The predicted octanol–water partition coefficient (Wildman–Crippen LogP) is 3.01. The summed E-state index contributed by atoms with van der Waals surface area (Å²) in [4.78, 5) is 12.4. The number of carboxylic acid groups (broad SMARTS) is 1. The quantitative estimate of drug-likeness (QED) is 0.842. The predicted molar refractivity (Wildman–Crippen MR) is 65.8 cm³/mol. The van der Waals surface area contributed by atoms with Crippen LogP contribution < -0.4 is 0 Å². The molecule has 0 spiro atoms. The maximum atomic E-state index is 12.6. The van der Waals surface area contributed by atoms with Gasteiger partial charge in [-0.1, -0.05) is 20.8 Å². The smallest absolute Gasteiger partial charge is 0.392 e. The molecule has 112 valence electrons. The van der Waals surface area contributed by atoms with Crippen molar-refractivity contribution in [3.05, 3.63) is 0 Å². The van der Waals surface area contributed by atoms with Crippen molar-refractivity contribution in [2.45, 2.75) is 39.8 Å². The Morgan fingerprint density at radius 1 is 1.32 bits per heavy atom. The molecule has 0 saturated carbocycles. The van der Waals surface area contributed by atoms with Gasteiger partial charge in [0.25, 0.3) is 0 Å². The van der Waals surface area contributed by atoms with Crippen LogP contribution in [0, 0.1) is 17.3 Å². The number of aliphatic carboxylic acids is 1. The van der Waals surface area contributed by atoms with Gasteiger partial charge < -0.3 is 10.0 Å². The van der Waals surface area contributed by atoms with Crippen LogP contribution >= 0.6 is 0 Å². The van der Waals surface area contributed by atoms with E-state index in [4.69, 9.17) is 5.11 Å². The summed E-state index contributed by atoms with van der Waals surface area (Å²) in [5, 5.41) is 8.52. The van der Waals surface area contributed by atoms with E-state index in [0.717, 1.165) is 13.1 Å². The van der Waals surface area contributed by atoms with E-state index in [1.54, 1.807) is 0 Å². The van der Waals surface area contributed by atoms with Gasteiger partial charge in [0.05, 0.1) is 12.3 Å². The van der Waals surface area contributed by atoms with Gasteiger partial charge in [-0.05, 0) is 24.3 Å². The SMILES string of the molecule is CC(C)(C)C1CN(CCC(CC(=O)O)C(F)(F)F)C1. The fourth-order valence-electron chi connectivity index (χ4n) is 2.23. The Morgan fingerprint density at radius 2 is 1.84 bits per heavy atom. The molecule has 0 aromatic rings. The molecule has 1 aliphatic heterocycles. The van der Waals surface area contributed by atoms with Crippen molar-refractivity contribution < 1.29 is 23.1 Å². The molecule has 1 fully saturated rings. The molecule has 3 nitrogen and oxygen atoms in total. The van der Waals surface area contributed by atoms with E-state index >= 15 is 0 Å². The van der Waals surface area contributed by atoms with Gasteiger partial charge in [0.15, 0.2) is 0 Å². The van der Waals surface area contributed by atoms with Crippen molar-refractivity contribution in [2.24, 2.45) is 17.3 Å². The average Bonchev–Trinajstić information content (AvgIpc) is 2.08. The number of alkyl halides is 3. The van der Waals surface area contributed by atoms with Gasteiger partial charge in [0.2, 0.25) is 0 Å². The summed E-state index contributed by atoms with van der Waals surface area (Å²) in [6.45, 7) is 8.31. The minimum absolute atomic E-state index is 0.132. The summed E-state index contributed by atoms with van der Waals surface area (Å²) in [6.07, 6.45) is -5.39. The van der Waals surface area contributed by atoms with E-state index in [2.05, 4.69) is 20.8 Å². The zero-order chi connectivity index (χ0) is 14.8. The molecule has 1 N–H and O–H groups in total. The standard InChI is InChI=1S/C13H22F3NO2/c1-12(2,3)10-7-17(8-10)5-4-9(6-11(18)19)13(14,15)16/h9-10H,4-8H2,1-3H3,(H,18,19). The van der Waals surface area contributed by atoms with E-state index < -0.39 is 24.5 Å². The Bertz CT molecular complexity index is 317. The van der Waals surface area contributed by atoms with Crippen LogP contribution in [0.3, 0.4) is 0 Å². The third-order valence-electron chi connectivity index (χ3n) is 3.86. The molecule has 0 bridgehead atoms. The lowest BCUT2D eigenvalue weighted by Gasteiger charge is -2.46. The lowest BCUT2D eigenvalue weighted by atomic mass is 9.76. The summed E-state index contributed by atoms with van der Waals surface area (Å²) in [6, 6.07) is 0. The van der Waals surface area contributed by atoms with E-state index in [9.17, 15) is 18.0 Å². The number of hydrogen-bond acceptors (Lipinski definition) is 2. The van der Waals surface area contributed by atoms with Gasteiger partial charge in [-0.2, -0.15) is 13.2 Å². The minimum Gasteiger partial charge on any atom is -0.481 e. The maximum absolute atomic E-state index is 12.6. The number of carbonyl (C=O) groups is 1. The Kier molecular flexibility index (Phi) is 4.87. The molecule has 1 rings (SSSR count). The lowest BCUT2D eigenvalue weighted by Crippen LogP contribution is -2.52. The molecular formula is C13H22F3NO2. The number of nitrogens with zero attached hydrogens (tertiary/aromatic N) is 1. The Labute approximate surface area is 111 Å². The van der Waals surface area contributed by atoms with E-state index in [0.29, 0.717) is 12.5 Å². The first-order valence-electron chi connectivity index (χ1n) is 6.51. The van der Waals surface area contributed by atoms with Gasteiger partial charge in [-0.3, -0.25) is 4.79 Å². The van der Waals surface area contributed by atoms with Crippen molar-refractivity contribution in [1.29, 1.82) is 0 Å². The summed E-state index contributed by atoms with van der Waals surface area (Å²) in [7, 11) is 0. The molecule has 0 aliphatic carbocycles. The topological polar surface area (TPSA) is 40.5 Å². The molecule has 19 heavy (non-hydrogen) atoms. The molecule has 1 atom stereocenters. The molecule has 0 radical (unpaired) electrons. The van der Waals surface area contributed by atoms with Crippen LogP contribution in [0.5, 0.6) is 0 Å². The van der Waals surface area contributed by atoms with Crippen molar-refractivity contribution in [2.75, 3.05) is 19.6 Å². The molecule has 0 amide bonds. The highest BCUT2D eigenvalue weighted by Crippen LogP contribution is 2.36. The highest BCUT2D eigenvalue weighted by atomic mass is 19.4. The van der Waals surface area contributed by atoms with Crippen LogP contribution in [0.25, 0.3) is 0 Å². The number of halogens is 3. The summed E-state index contributed by atoms with van der Waals surface area (Å²) in [5.74, 6) is -2.62. The average molecular weight is 281 g/mol. The zero-order valence-electron chi connectivity index (χ0n) is 11.6. The monoisotopic (exact) mass is 281 g/mol. The van der Waals surface area contributed by atoms with Crippen molar-refractivity contribution in [3.63, 3.8) is 0 Å². The van der Waals surface area contributed by atoms with Gasteiger partial charge in [0, 0.05) is 13.1 Å². The number of likely N-dealkylation sites (tertiary alicyclic amines) is 1. The van der Waals surface area contributed by atoms with Crippen LogP contribution in [0.15, 0.2) is 0 Å². The summed E-state index contributed by atoms with van der Waals surface area (Å²) >= 11 is 0.